The Morgan fingerprint density at radius 1 is 1.43 bits per heavy atom. The van der Waals surface area contributed by atoms with Crippen LogP contribution in [0.4, 0.5) is 0 Å². The van der Waals surface area contributed by atoms with Gasteiger partial charge >= 0.3 is 0 Å². The quantitative estimate of drug-likeness (QED) is 0.712. The minimum atomic E-state index is 0.465. The van der Waals surface area contributed by atoms with Crippen molar-refractivity contribution in [1.29, 1.82) is 0 Å². The second kappa shape index (κ2) is 4.60. The molecule has 14 heavy (non-hydrogen) atoms. The largest absolute Gasteiger partial charge is 0.377 e. The van der Waals surface area contributed by atoms with Gasteiger partial charge in [0.2, 0.25) is 0 Å². The highest BCUT2D eigenvalue weighted by atomic mass is 16.5. The predicted octanol–water partition coefficient (Wildman–Crippen LogP) is 0.848. The molecule has 2 fully saturated rings. The summed E-state index contributed by atoms with van der Waals surface area (Å²) in [5.74, 6) is 0. The normalized spacial score (nSPS) is 40.3. The minimum Gasteiger partial charge on any atom is -0.377 e. The maximum absolute atomic E-state index is 5.74. The van der Waals surface area contributed by atoms with Crippen LogP contribution in [0.15, 0.2) is 0 Å². The van der Waals surface area contributed by atoms with E-state index in [1.54, 1.807) is 0 Å². The van der Waals surface area contributed by atoms with Crippen molar-refractivity contribution in [2.45, 2.75) is 44.4 Å². The molecular weight excluding hydrogens is 176 g/mol. The SMILES string of the molecule is CC[C@H]1CN(C)CC([C@H]2CCCO2)N1. The van der Waals surface area contributed by atoms with Gasteiger partial charge in [0.1, 0.15) is 0 Å². The fraction of sp³-hybridized carbons (Fsp3) is 1.00. The molecule has 0 bridgehead atoms. The average Bonchev–Trinajstić information content (AvgIpc) is 2.69. The van der Waals surface area contributed by atoms with Gasteiger partial charge in [-0.25, -0.2) is 0 Å². The van der Waals surface area contributed by atoms with Gasteiger partial charge in [-0.05, 0) is 26.3 Å². The van der Waals surface area contributed by atoms with E-state index in [0.717, 1.165) is 13.2 Å². The lowest BCUT2D eigenvalue weighted by molar-refractivity contribution is 0.0431. The summed E-state index contributed by atoms with van der Waals surface area (Å²) in [6, 6.07) is 1.21. The van der Waals surface area contributed by atoms with Crippen LogP contribution in [0.3, 0.4) is 0 Å². The highest BCUT2D eigenvalue weighted by Crippen LogP contribution is 2.19. The standard InChI is InChI=1S/C11H22N2O/c1-3-9-7-13(2)8-10(12-9)11-5-4-6-14-11/h9-12H,3-8H2,1-2H3/t9-,10?,11+/m0/s1. The molecule has 0 aromatic rings. The first kappa shape index (κ1) is 10.4. The second-order valence-corrected chi connectivity index (χ2v) is 4.65. The average molecular weight is 198 g/mol. The molecule has 0 radical (unpaired) electrons. The molecule has 1 unspecified atom stereocenters. The van der Waals surface area contributed by atoms with Crippen LogP contribution < -0.4 is 5.32 Å². The molecule has 3 heteroatoms. The lowest BCUT2D eigenvalue weighted by Gasteiger charge is -2.39. The molecular formula is C11H22N2O. The molecule has 0 saturated carbocycles. The van der Waals surface area contributed by atoms with Crippen LogP contribution in [-0.4, -0.2) is 49.8 Å². The van der Waals surface area contributed by atoms with Crippen molar-refractivity contribution in [3.63, 3.8) is 0 Å². The van der Waals surface area contributed by atoms with Crippen molar-refractivity contribution in [3.8, 4) is 0 Å². The predicted molar refractivity (Wildman–Crippen MR) is 57.5 cm³/mol. The summed E-state index contributed by atoms with van der Waals surface area (Å²) >= 11 is 0. The molecule has 2 aliphatic rings. The minimum absolute atomic E-state index is 0.465. The van der Waals surface area contributed by atoms with Gasteiger partial charge in [0.05, 0.1) is 6.10 Å². The lowest BCUT2D eigenvalue weighted by Crippen LogP contribution is -2.59. The molecule has 1 N–H and O–H groups in total. The Bertz CT molecular complexity index is 180. The van der Waals surface area contributed by atoms with Crippen LogP contribution >= 0.6 is 0 Å². The summed E-state index contributed by atoms with van der Waals surface area (Å²) in [6.07, 6.45) is 4.16. The van der Waals surface area contributed by atoms with Crippen molar-refractivity contribution in [1.82, 2.24) is 10.2 Å². The van der Waals surface area contributed by atoms with Crippen molar-refractivity contribution < 1.29 is 4.74 Å². The van der Waals surface area contributed by atoms with Crippen LogP contribution in [0.5, 0.6) is 0 Å². The van der Waals surface area contributed by atoms with Crippen molar-refractivity contribution in [3.05, 3.63) is 0 Å². The Morgan fingerprint density at radius 2 is 2.29 bits per heavy atom. The third-order valence-electron chi connectivity index (χ3n) is 3.40. The van der Waals surface area contributed by atoms with E-state index in [9.17, 15) is 0 Å². The monoisotopic (exact) mass is 198 g/mol. The summed E-state index contributed by atoms with van der Waals surface area (Å²) in [7, 11) is 2.21. The highest BCUT2D eigenvalue weighted by molar-refractivity contribution is 4.90. The van der Waals surface area contributed by atoms with Crippen LogP contribution in [0, 0.1) is 0 Å². The molecule has 0 spiro atoms. The molecule has 0 aromatic heterocycles. The number of nitrogens with one attached hydrogen (secondary N) is 1. The third-order valence-corrected chi connectivity index (χ3v) is 3.40. The lowest BCUT2D eigenvalue weighted by atomic mass is 10.0. The van der Waals surface area contributed by atoms with Gasteiger partial charge in [0, 0.05) is 31.8 Å². The summed E-state index contributed by atoms with van der Waals surface area (Å²) in [4.78, 5) is 2.43. The molecule has 3 nitrogen and oxygen atoms in total. The van der Waals surface area contributed by atoms with E-state index in [0.29, 0.717) is 18.2 Å². The Balaban J connectivity index is 1.90. The first-order valence-corrected chi connectivity index (χ1v) is 5.85. The Kier molecular flexibility index (Phi) is 3.42. The molecule has 2 heterocycles. The molecule has 2 aliphatic heterocycles. The van der Waals surface area contributed by atoms with Crippen LogP contribution in [-0.2, 0) is 4.74 Å². The van der Waals surface area contributed by atoms with E-state index in [4.69, 9.17) is 4.74 Å². The Hall–Kier alpha value is -0.120. The number of nitrogens with zero attached hydrogens (tertiary/aromatic N) is 1. The molecule has 2 rings (SSSR count). The summed E-state index contributed by atoms with van der Waals surface area (Å²) in [6.45, 7) is 5.54. The van der Waals surface area contributed by atoms with Gasteiger partial charge in [-0.3, -0.25) is 0 Å². The summed E-state index contributed by atoms with van der Waals surface area (Å²) in [5, 5.41) is 3.71. The van der Waals surface area contributed by atoms with E-state index in [-0.39, 0.29) is 0 Å². The van der Waals surface area contributed by atoms with Crippen LogP contribution in [0.25, 0.3) is 0 Å². The fourth-order valence-corrected chi connectivity index (χ4v) is 2.59. The van der Waals surface area contributed by atoms with Crippen molar-refractivity contribution in [2.24, 2.45) is 0 Å². The van der Waals surface area contributed by atoms with Crippen LogP contribution in [0.2, 0.25) is 0 Å². The summed E-state index contributed by atoms with van der Waals surface area (Å²) < 4.78 is 5.74. The zero-order chi connectivity index (χ0) is 9.97. The Labute approximate surface area is 86.8 Å². The number of rotatable bonds is 2. The first-order valence-electron chi connectivity index (χ1n) is 5.85. The van der Waals surface area contributed by atoms with Crippen molar-refractivity contribution >= 4 is 0 Å². The van der Waals surface area contributed by atoms with Crippen molar-refractivity contribution in [2.75, 3.05) is 26.7 Å². The van der Waals surface area contributed by atoms with Gasteiger partial charge in [-0.1, -0.05) is 6.92 Å². The molecule has 82 valence electrons. The molecule has 0 aliphatic carbocycles. The maximum Gasteiger partial charge on any atom is 0.0741 e. The number of hydrogen-bond acceptors (Lipinski definition) is 3. The smallest absolute Gasteiger partial charge is 0.0741 e. The maximum atomic E-state index is 5.74. The number of piperazine rings is 1. The fourth-order valence-electron chi connectivity index (χ4n) is 2.59. The van der Waals surface area contributed by atoms with E-state index < -0.39 is 0 Å². The van der Waals surface area contributed by atoms with Gasteiger partial charge in [0.15, 0.2) is 0 Å². The number of ether oxygens (including phenoxy) is 1. The van der Waals surface area contributed by atoms with E-state index in [1.807, 2.05) is 0 Å². The molecule has 3 atom stereocenters. The molecule has 0 aromatic carbocycles. The van der Waals surface area contributed by atoms with Gasteiger partial charge in [-0.15, -0.1) is 0 Å². The number of likely N-dealkylation sites (N-methyl/N-ethyl adjacent to an activating group) is 1. The van der Waals surface area contributed by atoms with Gasteiger partial charge < -0.3 is 15.0 Å². The molecule has 0 amide bonds. The van der Waals surface area contributed by atoms with Gasteiger partial charge in [0.25, 0.3) is 0 Å². The Morgan fingerprint density at radius 3 is 2.93 bits per heavy atom. The topological polar surface area (TPSA) is 24.5 Å². The van der Waals surface area contributed by atoms with Gasteiger partial charge in [-0.2, -0.15) is 0 Å². The van der Waals surface area contributed by atoms with E-state index in [1.165, 1.54) is 25.8 Å². The second-order valence-electron chi connectivity index (χ2n) is 4.65. The highest BCUT2D eigenvalue weighted by Gasteiger charge is 2.31. The summed E-state index contributed by atoms with van der Waals surface area (Å²) in [5.41, 5.74) is 0. The van der Waals surface area contributed by atoms with E-state index in [2.05, 4.69) is 24.2 Å². The zero-order valence-electron chi connectivity index (χ0n) is 9.33. The molecule has 2 saturated heterocycles. The van der Waals surface area contributed by atoms with E-state index >= 15 is 0 Å². The number of hydrogen-bond donors (Lipinski definition) is 1. The third kappa shape index (κ3) is 2.27. The zero-order valence-corrected chi connectivity index (χ0v) is 9.33. The van der Waals surface area contributed by atoms with Crippen LogP contribution in [0.1, 0.15) is 26.2 Å². The first-order chi connectivity index (χ1) is 6.79.